The van der Waals surface area contributed by atoms with Crippen LogP contribution in [-0.2, 0) is 11.5 Å². The molecule has 1 aromatic heterocycles. The molecule has 0 radical (unpaired) electrons. The van der Waals surface area contributed by atoms with Gasteiger partial charge in [0.15, 0.2) is 0 Å². The topological polar surface area (TPSA) is 61.7 Å². The van der Waals surface area contributed by atoms with Crippen LogP contribution in [0, 0.1) is 6.92 Å². The molecule has 34 heavy (non-hydrogen) atoms. The van der Waals surface area contributed by atoms with Gasteiger partial charge in [-0.1, -0.05) is 55.3 Å². The number of hydrogen-bond donors (Lipinski definition) is 0. The van der Waals surface area contributed by atoms with E-state index >= 15 is 0 Å². The van der Waals surface area contributed by atoms with Gasteiger partial charge < -0.3 is 4.90 Å². The fourth-order valence-electron chi connectivity index (χ4n) is 4.40. The highest BCUT2D eigenvalue weighted by atomic mass is 32.2. The van der Waals surface area contributed by atoms with E-state index in [2.05, 4.69) is 27.4 Å². The molecule has 3 aromatic rings. The minimum atomic E-state index is -0.204. The van der Waals surface area contributed by atoms with Crippen molar-refractivity contribution < 1.29 is 9.59 Å². The molecule has 0 N–H and O–H groups in total. The van der Waals surface area contributed by atoms with Gasteiger partial charge in [0, 0.05) is 19.6 Å². The molecule has 2 amide bonds. The minimum absolute atomic E-state index is 0.197. The van der Waals surface area contributed by atoms with Crippen LogP contribution in [0.3, 0.4) is 0 Å². The lowest BCUT2D eigenvalue weighted by Gasteiger charge is -2.37. The number of anilines is 1. The highest BCUT2D eigenvalue weighted by Crippen LogP contribution is 2.32. The van der Waals surface area contributed by atoms with Gasteiger partial charge in [-0.3, -0.25) is 24.0 Å². The average molecular weight is 476 g/mol. The van der Waals surface area contributed by atoms with Crippen molar-refractivity contribution in [3.63, 3.8) is 0 Å². The molecule has 7 nitrogen and oxygen atoms in total. The average Bonchev–Trinajstić information content (AvgIpc) is 3.34. The van der Waals surface area contributed by atoms with E-state index in [4.69, 9.17) is 4.98 Å². The molecule has 5 rings (SSSR count). The van der Waals surface area contributed by atoms with E-state index in [1.165, 1.54) is 4.90 Å². The van der Waals surface area contributed by atoms with E-state index in [0.717, 1.165) is 65.9 Å². The van der Waals surface area contributed by atoms with Crippen LogP contribution in [0.1, 0.15) is 30.9 Å². The number of imide groups is 1. The van der Waals surface area contributed by atoms with E-state index in [1.807, 2.05) is 55.5 Å². The monoisotopic (exact) mass is 475 g/mol. The summed E-state index contributed by atoms with van der Waals surface area (Å²) >= 11 is 1.03. The van der Waals surface area contributed by atoms with Gasteiger partial charge in [0.2, 0.25) is 5.95 Å². The van der Waals surface area contributed by atoms with Crippen LogP contribution in [0.5, 0.6) is 0 Å². The maximum absolute atomic E-state index is 13.0. The lowest BCUT2D eigenvalue weighted by Crippen LogP contribution is -2.48. The number of amides is 2. The number of imidazole rings is 1. The number of para-hydroxylation sites is 2. The van der Waals surface area contributed by atoms with Crippen LogP contribution >= 0.6 is 11.8 Å². The molecule has 0 spiro atoms. The summed E-state index contributed by atoms with van der Waals surface area (Å²) in [6, 6.07) is 16.1. The molecule has 1 fully saturated rings. The smallest absolute Gasteiger partial charge is 0.293 e. The second-order valence-corrected chi connectivity index (χ2v) is 9.86. The number of aromatic nitrogens is 2. The van der Waals surface area contributed by atoms with Gasteiger partial charge in [0.05, 0.1) is 29.3 Å². The number of carbonyl (C=O) groups excluding carboxylic acids is 2. The van der Waals surface area contributed by atoms with Crippen molar-refractivity contribution in [3.05, 3.63) is 64.6 Å². The molecule has 2 aliphatic rings. The Balaban J connectivity index is 1.30. The summed E-state index contributed by atoms with van der Waals surface area (Å²) in [6.45, 7) is 7.56. The maximum atomic E-state index is 13.0. The number of nitrogens with zero attached hydrogens (tertiary/aromatic N) is 5. The first kappa shape index (κ1) is 22.7. The molecule has 176 valence electrons. The summed E-state index contributed by atoms with van der Waals surface area (Å²) in [5.74, 6) is 0.794. The normalized spacial score (nSPS) is 17.9. The summed E-state index contributed by atoms with van der Waals surface area (Å²) in [5.41, 5.74) is 4.19. The van der Waals surface area contributed by atoms with E-state index in [9.17, 15) is 9.59 Å². The van der Waals surface area contributed by atoms with Gasteiger partial charge in [0.1, 0.15) is 0 Å². The molecule has 3 heterocycles. The van der Waals surface area contributed by atoms with Gasteiger partial charge in [-0.25, -0.2) is 4.98 Å². The lowest BCUT2D eigenvalue weighted by atomic mass is 10.1. The summed E-state index contributed by atoms with van der Waals surface area (Å²) < 4.78 is 2.24. The number of benzene rings is 2. The molecule has 8 heteroatoms. The van der Waals surface area contributed by atoms with Crippen molar-refractivity contribution in [1.82, 2.24) is 19.4 Å². The predicted octanol–water partition coefficient (Wildman–Crippen LogP) is 4.92. The zero-order valence-corrected chi connectivity index (χ0v) is 20.4. The maximum Gasteiger partial charge on any atom is 0.293 e. The SMILES string of the molecule is CCCCN1CN(CCN2C(=O)SC(=Cc3ccc(C)cc3)C2=O)Cn2c1nc1ccccc12. The van der Waals surface area contributed by atoms with Gasteiger partial charge in [0.25, 0.3) is 11.1 Å². The quantitative estimate of drug-likeness (QED) is 0.452. The number of hydrogen-bond acceptors (Lipinski definition) is 6. The van der Waals surface area contributed by atoms with Crippen molar-refractivity contribution in [2.75, 3.05) is 31.2 Å². The fourth-order valence-corrected chi connectivity index (χ4v) is 5.27. The number of unbranched alkanes of at least 4 members (excludes halogenated alkanes) is 1. The fraction of sp³-hybridized carbons (Fsp3) is 0.346. The van der Waals surface area contributed by atoms with Crippen molar-refractivity contribution in [2.24, 2.45) is 0 Å². The highest BCUT2D eigenvalue weighted by Gasteiger charge is 2.35. The zero-order valence-electron chi connectivity index (χ0n) is 19.6. The third-order valence-corrected chi connectivity index (χ3v) is 7.21. The third kappa shape index (κ3) is 4.48. The van der Waals surface area contributed by atoms with Crippen LogP contribution in [-0.4, -0.2) is 56.8 Å². The Morgan fingerprint density at radius 2 is 1.79 bits per heavy atom. The molecule has 0 unspecified atom stereocenters. The molecule has 2 aliphatic heterocycles. The Hall–Kier alpha value is -3.10. The largest absolute Gasteiger partial charge is 0.329 e. The van der Waals surface area contributed by atoms with Crippen molar-refractivity contribution >= 4 is 46.0 Å². The predicted molar refractivity (Wildman–Crippen MR) is 137 cm³/mol. The number of rotatable bonds is 7. The van der Waals surface area contributed by atoms with Gasteiger partial charge >= 0.3 is 0 Å². The lowest BCUT2D eigenvalue weighted by molar-refractivity contribution is -0.122. The first-order valence-electron chi connectivity index (χ1n) is 11.8. The minimum Gasteiger partial charge on any atom is -0.329 e. The van der Waals surface area contributed by atoms with Crippen LogP contribution < -0.4 is 4.90 Å². The standard InChI is InChI=1S/C26H29N5O2S/c1-3-4-13-29-17-28(18-31-22-8-6-5-7-21(22)27-25(29)31)14-15-30-24(32)23(34-26(30)33)16-20-11-9-19(2)10-12-20/h5-12,16H,3-4,13-15,17-18H2,1-2H3. The molecule has 1 saturated heterocycles. The Morgan fingerprint density at radius 3 is 2.59 bits per heavy atom. The first-order chi connectivity index (χ1) is 16.5. The first-order valence-corrected chi connectivity index (χ1v) is 12.6. The highest BCUT2D eigenvalue weighted by molar-refractivity contribution is 8.18. The van der Waals surface area contributed by atoms with Crippen LogP contribution in [0.2, 0.25) is 0 Å². The molecule has 2 aromatic carbocycles. The number of carbonyl (C=O) groups is 2. The van der Waals surface area contributed by atoms with E-state index < -0.39 is 0 Å². The second-order valence-electron chi connectivity index (χ2n) is 8.87. The summed E-state index contributed by atoms with van der Waals surface area (Å²) in [7, 11) is 0. The Labute approximate surface area is 204 Å². The molecule has 0 saturated carbocycles. The van der Waals surface area contributed by atoms with Gasteiger partial charge in [-0.2, -0.15) is 0 Å². The third-order valence-electron chi connectivity index (χ3n) is 6.30. The van der Waals surface area contributed by atoms with Crippen LogP contribution in [0.4, 0.5) is 10.7 Å². The Morgan fingerprint density at radius 1 is 1.00 bits per heavy atom. The van der Waals surface area contributed by atoms with E-state index in [0.29, 0.717) is 24.7 Å². The Kier molecular flexibility index (Phi) is 6.43. The number of thioether (sulfide) groups is 1. The summed E-state index contributed by atoms with van der Waals surface area (Å²) in [4.78, 5) is 36.9. The van der Waals surface area contributed by atoms with Crippen molar-refractivity contribution in [3.8, 4) is 0 Å². The van der Waals surface area contributed by atoms with E-state index in [1.54, 1.807) is 0 Å². The Bertz CT molecular complexity index is 1250. The van der Waals surface area contributed by atoms with Gasteiger partial charge in [-0.15, -0.1) is 0 Å². The summed E-state index contributed by atoms with van der Waals surface area (Å²) in [5, 5.41) is -0.197. The van der Waals surface area contributed by atoms with Crippen molar-refractivity contribution in [2.45, 2.75) is 33.4 Å². The molecule has 0 atom stereocenters. The number of aryl methyl sites for hydroxylation is 1. The molecule has 0 bridgehead atoms. The molecular weight excluding hydrogens is 446 g/mol. The molecular formula is C26H29N5O2S. The van der Waals surface area contributed by atoms with Crippen LogP contribution in [0.15, 0.2) is 53.4 Å². The summed E-state index contributed by atoms with van der Waals surface area (Å²) in [6.07, 6.45) is 4.01. The molecule has 0 aliphatic carbocycles. The number of fused-ring (bicyclic) bond motifs is 3. The van der Waals surface area contributed by atoms with Gasteiger partial charge in [-0.05, 0) is 48.9 Å². The zero-order chi connectivity index (χ0) is 23.7. The second kappa shape index (κ2) is 9.64. The van der Waals surface area contributed by atoms with E-state index in [-0.39, 0.29) is 11.1 Å². The van der Waals surface area contributed by atoms with Crippen LogP contribution in [0.25, 0.3) is 17.1 Å². The van der Waals surface area contributed by atoms with Crippen molar-refractivity contribution in [1.29, 1.82) is 0 Å².